The minimum Gasteiger partial charge on any atom is -0.407 e. The Morgan fingerprint density at radius 3 is 2.64 bits per heavy atom. The third-order valence-corrected chi connectivity index (χ3v) is 2.01. The van der Waals surface area contributed by atoms with Crippen LogP contribution < -0.4 is 4.74 Å². The second kappa shape index (κ2) is 3.85. The maximum atomic E-state index is 5.31. The number of fused-ring (bicyclic) bond motifs is 1. The molecule has 0 N–H and O–H groups in total. The summed E-state index contributed by atoms with van der Waals surface area (Å²) in [5, 5.41) is 2.26. The van der Waals surface area contributed by atoms with Crippen LogP contribution in [0.1, 0.15) is 6.92 Å². The smallest absolute Gasteiger partial charge is 0.148 e. The van der Waals surface area contributed by atoms with E-state index in [1.165, 1.54) is 5.39 Å². The molecule has 1 nitrogen and oxygen atoms in total. The summed E-state index contributed by atoms with van der Waals surface area (Å²) in [4.78, 5) is 0. The average molecular weight is 182 g/mol. The number of benzene rings is 2. The molecule has 0 saturated carbocycles. The molecule has 14 heavy (non-hydrogen) atoms. The molecule has 0 aliphatic heterocycles. The minimum atomic E-state index is 0.817. The highest BCUT2D eigenvalue weighted by Gasteiger charge is 1.98. The van der Waals surface area contributed by atoms with Crippen molar-refractivity contribution in [2.75, 3.05) is 0 Å². The molecule has 0 saturated heterocycles. The monoisotopic (exact) mass is 182 g/mol. The Morgan fingerprint density at radius 2 is 1.79 bits per heavy atom. The van der Waals surface area contributed by atoms with Gasteiger partial charge in [0.25, 0.3) is 0 Å². The van der Waals surface area contributed by atoms with Gasteiger partial charge in [0.15, 0.2) is 0 Å². The van der Waals surface area contributed by atoms with Crippen LogP contribution in [-0.4, -0.2) is 0 Å². The fourth-order valence-electron chi connectivity index (χ4n) is 1.39. The van der Waals surface area contributed by atoms with Crippen molar-refractivity contribution in [3.63, 3.8) is 0 Å². The summed E-state index contributed by atoms with van der Waals surface area (Å²) in [7, 11) is 0. The molecule has 0 aliphatic rings. The number of rotatable bonds is 1. The zero-order valence-electron chi connectivity index (χ0n) is 7.95. The first kappa shape index (κ1) is 8.65. The molecular formula is C13H10O. The lowest BCUT2D eigenvalue weighted by atomic mass is 10.1. The summed E-state index contributed by atoms with van der Waals surface area (Å²) < 4.78 is 5.31. The van der Waals surface area contributed by atoms with E-state index in [2.05, 4.69) is 24.2 Å². The Labute approximate surface area is 83.3 Å². The Balaban J connectivity index is 2.57. The Kier molecular flexibility index (Phi) is 2.38. The fraction of sp³-hybridized carbons (Fsp3) is 0.0769. The van der Waals surface area contributed by atoms with Gasteiger partial charge in [-0.15, -0.1) is 0 Å². The van der Waals surface area contributed by atoms with Gasteiger partial charge in [0.1, 0.15) is 11.9 Å². The third kappa shape index (κ3) is 1.55. The van der Waals surface area contributed by atoms with Crippen molar-refractivity contribution in [2.24, 2.45) is 0 Å². The molecule has 0 aromatic heterocycles. The molecule has 68 valence electrons. The predicted molar refractivity (Wildman–Crippen MR) is 58.0 cm³/mol. The van der Waals surface area contributed by atoms with E-state index in [0.717, 1.165) is 11.1 Å². The van der Waals surface area contributed by atoms with Crippen LogP contribution in [0, 0.1) is 12.0 Å². The van der Waals surface area contributed by atoms with Gasteiger partial charge in [-0.25, -0.2) is 0 Å². The molecule has 0 atom stereocenters. The molecule has 0 amide bonds. The number of hydrogen-bond acceptors (Lipinski definition) is 1. The summed E-state index contributed by atoms with van der Waals surface area (Å²) in [6.45, 7) is 1.76. The Hall–Kier alpha value is -1.94. The van der Waals surface area contributed by atoms with E-state index >= 15 is 0 Å². The lowest BCUT2D eigenvalue weighted by Crippen LogP contribution is -1.83. The van der Waals surface area contributed by atoms with Crippen molar-refractivity contribution in [1.82, 2.24) is 0 Å². The topological polar surface area (TPSA) is 9.23 Å². The molecule has 0 radical (unpaired) electrons. The van der Waals surface area contributed by atoms with Gasteiger partial charge in [0.05, 0.1) is 0 Å². The Morgan fingerprint density at radius 1 is 1.00 bits per heavy atom. The molecule has 1 heteroatoms. The zero-order valence-corrected chi connectivity index (χ0v) is 7.95. The number of hydrogen-bond donors (Lipinski definition) is 0. The van der Waals surface area contributed by atoms with Crippen molar-refractivity contribution in [3.8, 4) is 17.8 Å². The van der Waals surface area contributed by atoms with Gasteiger partial charge in [0, 0.05) is 12.3 Å². The quantitative estimate of drug-likeness (QED) is 0.615. The highest BCUT2D eigenvalue weighted by atomic mass is 16.5. The third-order valence-electron chi connectivity index (χ3n) is 2.01. The summed E-state index contributed by atoms with van der Waals surface area (Å²) >= 11 is 0. The van der Waals surface area contributed by atoms with Crippen LogP contribution in [-0.2, 0) is 0 Å². The largest absolute Gasteiger partial charge is 0.407 e. The highest BCUT2D eigenvalue weighted by molar-refractivity contribution is 5.88. The second-order valence-electron chi connectivity index (χ2n) is 2.93. The molecule has 2 rings (SSSR count). The van der Waals surface area contributed by atoms with E-state index in [1.807, 2.05) is 30.3 Å². The van der Waals surface area contributed by atoms with E-state index < -0.39 is 0 Å². The van der Waals surface area contributed by atoms with Crippen LogP contribution in [0.25, 0.3) is 10.8 Å². The van der Waals surface area contributed by atoms with Crippen molar-refractivity contribution >= 4 is 10.8 Å². The van der Waals surface area contributed by atoms with Crippen molar-refractivity contribution < 1.29 is 4.74 Å². The molecule has 0 spiro atoms. The molecule has 0 fully saturated rings. The van der Waals surface area contributed by atoms with Crippen LogP contribution in [0.4, 0.5) is 0 Å². The summed E-state index contributed by atoms with van der Waals surface area (Å²) in [5.41, 5.74) is 0. The number of ether oxygens (including phenoxy) is 1. The fourth-order valence-corrected chi connectivity index (χ4v) is 1.39. The molecule has 2 aromatic carbocycles. The van der Waals surface area contributed by atoms with Gasteiger partial charge in [-0.3, -0.25) is 0 Å². The average Bonchev–Trinajstić information content (AvgIpc) is 2.26. The molecular weight excluding hydrogens is 172 g/mol. The molecule has 0 aliphatic carbocycles. The van der Waals surface area contributed by atoms with Gasteiger partial charge >= 0.3 is 0 Å². The van der Waals surface area contributed by atoms with Crippen molar-refractivity contribution in [3.05, 3.63) is 42.5 Å². The van der Waals surface area contributed by atoms with E-state index in [4.69, 9.17) is 4.74 Å². The lowest BCUT2D eigenvalue weighted by Gasteiger charge is -2.02. The maximum Gasteiger partial charge on any atom is 0.148 e. The molecule has 0 bridgehead atoms. The van der Waals surface area contributed by atoms with Crippen LogP contribution in [0.2, 0.25) is 0 Å². The Bertz CT molecular complexity index is 498. The minimum absolute atomic E-state index is 0.817. The lowest BCUT2D eigenvalue weighted by molar-refractivity contribution is 0.526. The van der Waals surface area contributed by atoms with Gasteiger partial charge in [-0.05, 0) is 11.5 Å². The van der Waals surface area contributed by atoms with Gasteiger partial charge < -0.3 is 4.74 Å². The van der Waals surface area contributed by atoms with Gasteiger partial charge in [-0.2, -0.15) is 0 Å². The molecule has 0 unspecified atom stereocenters. The summed E-state index contributed by atoms with van der Waals surface area (Å²) in [5.74, 6) is 3.53. The van der Waals surface area contributed by atoms with E-state index in [9.17, 15) is 0 Å². The van der Waals surface area contributed by atoms with Gasteiger partial charge in [0.2, 0.25) is 0 Å². The first-order chi connectivity index (χ1) is 6.92. The first-order valence-corrected chi connectivity index (χ1v) is 4.48. The van der Waals surface area contributed by atoms with E-state index in [1.54, 1.807) is 6.92 Å². The van der Waals surface area contributed by atoms with Crippen LogP contribution >= 0.6 is 0 Å². The van der Waals surface area contributed by atoms with Crippen LogP contribution in [0.5, 0.6) is 5.75 Å². The SMILES string of the molecule is CC#COc1cccc2ccccc12. The first-order valence-electron chi connectivity index (χ1n) is 4.48. The van der Waals surface area contributed by atoms with Crippen LogP contribution in [0.3, 0.4) is 0 Å². The van der Waals surface area contributed by atoms with Gasteiger partial charge in [-0.1, -0.05) is 42.3 Å². The van der Waals surface area contributed by atoms with E-state index in [-0.39, 0.29) is 0 Å². The van der Waals surface area contributed by atoms with Crippen LogP contribution in [0.15, 0.2) is 42.5 Å². The maximum absolute atomic E-state index is 5.31. The van der Waals surface area contributed by atoms with Crippen molar-refractivity contribution in [1.29, 1.82) is 0 Å². The normalized spacial score (nSPS) is 9.21. The summed E-state index contributed by atoms with van der Waals surface area (Å²) in [6.07, 6.45) is 2.61. The molecule has 0 heterocycles. The predicted octanol–water partition coefficient (Wildman–Crippen LogP) is 3.20. The molecule has 2 aromatic rings. The summed E-state index contributed by atoms with van der Waals surface area (Å²) in [6, 6.07) is 14.0. The standard InChI is InChI=1S/C13H10O/c1-2-10-14-13-9-5-7-11-6-3-4-8-12(11)13/h3-9H,1H3. The second-order valence-corrected chi connectivity index (χ2v) is 2.93. The van der Waals surface area contributed by atoms with Crippen molar-refractivity contribution in [2.45, 2.75) is 6.92 Å². The van der Waals surface area contributed by atoms with E-state index in [0.29, 0.717) is 0 Å². The highest BCUT2D eigenvalue weighted by Crippen LogP contribution is 2.24. The zero-order chi connectivity index (χ0) is 9.80.